The van der Waals surface area contributed by atoms with Crippen LogP contribution in [0.3, 0.4) is 0 Å². The van der Waals surface area contributed by atoms with Gasteiger partial charge in [-0.3, -0.25) is 4.79 Å². The van der Waals surface area contributed by atoms with E-state index in [9.17, 15) is 9.59 Å². The fourth-order valence-corrected chi connectivity index (χ4v) is 2.38. The normalized spacial score (nSPS) is 11.3. The number of carbonyl (C=O) groups is 2. The maximum Gasteiger partial charge on any atom is 0.340 e. The highest BCUT2D eigenvalue weighted by Gasteiger charge is 2.22. The number of hydrogen-bond donors (Lipinski definition) is 1. The predicted octanol–water partition coefficient (Wildman–Crippen LogP) is 3.67. The van der Waals surface area contributed by atoms with E-state index in [-0.39, 0.29) is 12.5 Å². The van der Waals surface area contributed by atoms with Gasteiger partial charge in [0.2, 0.25) is 0 Å². The summed E-state index contributed by atoms with van der Waals surface area (Å²) in [5, 5.41) is 2.75. The zero-order valence-corrected chi connectivity index (χ0v) is 15.2. The molecule has 0 saturated carbocycles. The molecule has 1 amide bonds. The molecule has 6 heteroatoms. The van der Waals surface area contributed by atoms with Gasteiger partial charge >= 0.3 is 5.97 Å². The number of nitrogens with one attached hydrogen (secondary N) is 1. The van der Waals surface area contributed by atoms with Gasteiger partial charge in [0.15, 0.2) is 17.6 Å². The molecule has 26 heavy (non-hydrogen) atoms. The van der Waals surface area contributed by atoms with Gasteiger partial charge < -0.3 is 19.5 Å². The third kappa shape index (κ3) is 4.75. The molecule has 0 heterocycles. The van der Waals surface area contributed by atoms with Crippen LogP contribution in [0.25, 0.3) is 0 Å². The van der Waals surface area contributed by atoms with Crippen LogP contribution >= 0.6 is 0 Å². The molecule has 6 nitrogen and oxygen atoms in total. The van der Waals surface area contributed by atoms with Gasteiger partial charge in [0.25, 0.3) is 5.91 Å². The maximum atomic E-state index is 12.7. The Morgan fingerprint density at radius 2 is 1.65 bits per heavy atom. The maximum absolute atomic E-state index is 12.7. The highest BCUT2D eigenvalue weighted by molar-refractivity contribution is 6.02. The second-order valence-corrected chi connectivity index (χ2v) is 5.42. The molecule has 0 saturated heterocycles. The van der Waals surface area contributed by atoms with E-state index in [4.69, 9.17) is 14.2 Å². The summed E-state index contributed by atoms with van der Waals surface area (Å²) in [5.41, 5.74) is 0.688. The summed E-state index contributed by atoms with van der Waals surface area (Å²) >= 11 is 0. The topological polar surface area (TPSA) is 73.9 Å². The number of amides is 1. The molecule has 0 bridgehead atoms. The monoisotopic (exact) mass is 357 g/mol. The zero-order chi connectivity index (χ0) is 18.9. The smallest absolute Gasteiger partial charge is 0.340 e. The number of esters is 1. The lowest BCUT2D eigenvalue weighted by atomic mass is 10.1. The van der Waals surface area contributed by atoms with Gasteiger partial charge in [-0.25, -0.2) is 4.79 Å². The van der Waals surface area contributed by atoms with Crippen LogP contribution in [0.4, 0.5) is 5.69 Å². The number of para-hydroxylation sites is 3. The van der Waals surface area contributed by atoms with Crippen LogP contribution in [0.1, 0.15) is 30.6 Å². The molecule has 2 aromatic rings. The first-order chi connectivity index (χ1) is 12.6. The van der Waals surface area contributed by atoms with Crippen molar-refractivity contribution in [3.05, 3.63) is 54.1 Å². The van der Waals surface area contributed by atoms with Crippen LogP contribution in [0.2, 0.25) is 0 Å². The Kier molecular flexibility index (Phi) is 7.02. The fourth-order valence-electron chi connectivity index (χ4n) is 2.38. The van der Waals surface area contributed by atoms with E-state index in [2.05, 4.69) is 5.32 Å². The van der Waals surface area contributed by atoms with Crippen LogP contribution in [0.15, 0.2) is 48.5 Å². The van der Waals surface area contributed by atoms with Gasteiger partial charge in [0, 0.05) is 0 Å². The standard InChI is InChI=1S/C20H23NO5/c1-4-16(26-18-13-9-8-12-17(18)24-3)19(22)21-15-11-7-6-10-14(15)20(23)25-5-2/h6-13,16H,4-5H2,1-3H3,(H,21,22). The number of methoxy groups -OCH3 is 1. The van der Waals surface area contributed by atoms with Crippen molar-refractivity contribution in [1.29, 1.82) is 0 Å². The predicted molar refractivity (Wildman–Crippen MR) is 98.7 cm³/mol. The van der Waals surface area contributed by atoms with E-state index in [1.54, 1.807) is 56.5 Å². The van der Waals surface area contributed by atoms with E-state index in [0.29, 0.717) is 29.2 Å². The lowest BCUT2D eigenvalue weighted by molar-refractivity contribution is -0.122. The highest BCUT2D eigenvalue weighted by Crippen LogP contribution is 2.27. The minimum atomic E-state index is -0.735. The Labute approximate surface area is 153 Å². The summed E-state index contributed by atoms with van der Waals surface area (Å²) in [7, 11) is 1.54. The number of carbonyl (C=O) groups excluding carboxylic acids is 2. The lowest BCUT2D eigenvalue weighted by Crippen LogP contribution is -2.33. The van der Waals surface area contributed by atoms with Crippen molar-refractivity contribution >= 4 is 17.6 Å². The molecule has 2 rings (SSSR count). The molecule has 1 unspecified atom stereocenters. The van der Waals surface area contributed by atoms with Gasteiger partial charge in [-0.1, -0.05) is 31.2 Å². The van der Waals surface area contributed by atoms with Crippen LogP contribution in [-0.4, -0.2) is 31.7 Å². The molecule has 1 atom stereocenters. The van der Waals surface area contributed by atoms with Crippen molar-refractivity contribution < 1.29 is 23.8 Å². The number of rotatable bonds is 8. The van der Waals surface area contributed by atoms with Crippen LogP contribution < -0.4 is 14.8 Å². The third-order valence-electron chi connectivity index (χ3n) is 3.68. The Morgan fingerprint density at radius 1 is 1.00 bits per heavy atom. The van der Waals surface area contributed by atoms with Crippen LogP contribution in [-0.2, 0) is 9.53 Å². The van der Waals surface area contributed by atoms with Gasteiger partial charge in [-0.05, 0) is 37.6 Å². The molecule has 0 aromatic heterocycles. The molecule has 138 valence electrons. The molecule has 0 radical (unpaired) electrons. The van der Waals surface area contributed by atoms with Gasteiger partial charge in [-0.2, -0.15) is 0 Å². The summed E-state index contributed by atoms with van der Waals surface area (Å²) in [6, 6.07) is 13.8. The van der Waals surface area contributed by atoms with E-state index in [0.717, 1.165) is 0 Å². The molecule has 0 fully saturated rings. The molecular weight excluding hydrogens is 334 g/mol. The van der Waals surface area contributed by atoms with Crippen molar-refractivity contribution in [1.82, 2.24) is 0 Å². The number of benzene rings is 2. The first kappa shape index (κ1) is 19.3. The van der Waals surface area contributed by atoms with Crippen LogP contribution in [0, 0.1) is 0 Å². The summed E-state index contributed by atoms with van der Waals surface area (Å²) in [6.45, 7) is 3.83. The van der Waals surface area contributed by atoms with E-state index in [1.165, 1.54) is 0 Å². The molecule has 2 aromatic carbocycles. The summed E-state index contributed by atoms with van der Waals surface area (Å²) < 4.78 is 16.1. The first-order valence-electron chi connectivity index (χ1n) is 8.47. The Morgan fingerprint density at radius 3 is 2.31 bits per heavy atom. The molecule has 0 spiro atoms. The second kappa shape index (κ2) is 9.46. The van der Waals surface area contributed by atoms with Crippen molar-refractivity contribution in [3.8, 4) is 11.5 Å². The fraction of sp³-hybridized carbons (Fsp3) is 0.300. The third-order valence-corrected chi connectivity index (χ3v) is 3.68. The highest BCUT2D eigenvalue weighted by atomic mass is 16.5. The Bertz CT molecular complexity index is 759. The van der Waals surface area contributed by atoms with E-state index >= 15 is 0 Å². The summed E-state index contributed by atoms with van der Waals surface area (Å²) in [5.74, 6) is 0.193. The first-order valence-corrected chi connectivity index (χ1v) is 8.47. The summed E-state index contributed by atoms with van der Waals surface area (Å²) in [4.78, 5) is 24.7. The van der Waals surface area contributed by atoms with E-state index in [1.807, 2.05) is 13.0 Å². The second-order valence-electron chi connectivity index (χ2n) is 5.42. The van der Waals surface area contributed by atoms with E-state index < -0.39 is 12.1 Å². The quantitative estimate of drug-likeness (QED) is 0.730. The van der Waals surface area contributed by atoms with Crippen molar-refractivity contribution in [2.45, 2.75) is 26.4 Å². The zero-order valence-electron chi connectivity index (χ0n) is 15.2. The molecule has 0 aliphatic heterocycles. The molecule has 0 aliphatic rings. The van der Waals surface area contributed by atoms with Gasteiger partial charge in [-0.15, -0.1) is 0 Å². The minimum absolute atomic E-state index is 0.260. The van der Waals surface area contributed by atoms with Gasteiger partial charge in [0.1, 0.15) is 0 Å². The van der Waals surface area contributed by atoms with Crippen molar-refractivity contribution in [2.24, 2.45) is 0 Å². The average molecular weight is 357 g/mol. The number of ether oxygens (including phenoxy) is 3. The average Bonchev–Trinajstić information content (AvgIpc) is 2.66. The molecular formula is C20H23NO5. The largest absolute Gasteiger partial charge is 0.493 e. The van der Waals surface area contributed by atoms with Crippen molar-refractivity contribution in [3.63, 3.8) is 0 Å². The molecule has 0 aliphatic carbocycles. The SMILES string of the molecule is CCOC(=O)c1ccccc1NC(=O)C(CC)Oc1ccccc1OC. The number of hydrogen-bond acceptors (Lipinski definition) is 5. The number of anilines is 1. The molecule has 1 N–H and O–H groups in total. The van der Waals surface area contributed by atoms with Crippen molar-refractivity contribution in [2.75, 3.05) is 19.0 Å². The summed E-state index contributed by atoms with van der Waals surface area (Å²) in [6.07, 6.45) is -0.285. The minimum Gasteiger partial charge on any atom is -0.493 e. The van der Waals surface area contributed by atoms with Gasteiger partial charge in [0.05, 0.1) is 25.0 Å². The Hall–Kier alpha value is -3.02. The van der Waals surface area contributed by atoms with Crippen LogP contribution in [0.5, 0.6) is 11.5 Å². The lowest BCUT2D eigenvalue weighted by Gasteiger charge is -2.19. The Balaban J connectivity index is 2.16.